The van der Waals surface area contributed by atoms with E-state index >= 15 is 0 Å². The predicted octanol–water partition coefficient (Wildman–Crippen LogP) is 2.98. The molecule has 0 aliphatic heterocycles. The smallest absolute Gasteiger partial charge is 0.323 e. The van der Waals surface area contributed by atoms with Crippen molar-refractivity contribution >= 4 is 33.8 Å². The van der Waals surface area contributed by atoms with Gasteiger partial charge in [-0.25, -0.2) is 9.50 Å². The molecule has 0 spiro atoms. The fourth-order valence-electron chi connectivity index (χ4n) is 3.24. The molecule has 126 valence electrons. The summed E-state index contributed by atoms with van der Waals surface area (Å²) < 4.78 is 3.30. The Morgan fingerprint density at radius 1 is 1.00 bits per heavy atom. The molecule has 5 rings (SSSR count). The molecule has 5 aromatic rings. The Kier molecular flexibility index (Phi) is 3.02. The number of carboxylic acids is 1. The monoisotopic (exact) mass is 343 g/mol. The Bertz CT molecular complexity index is 1290. The lowest BCUT2D eigenvalue weighted by Crippen LogP contribution is -2.09. The summed E-state index contributed by atoms with van der Waals surface area (Å²) >= 11 is 0. The maximum atomic E-state index is 11.3. The number of aromatic nitrogens is 5. The highest BCUT2D eigenvalue weighted by Gasteiger charge is 2.17. The number of rotatable bonds is 3. The second-order valence-electron chi connectivity index (χ2n) is 6.02. The summed E-state index contributed by atoms with van der Waals surface area (Å²) in [6, 6.07) is 17.4. The normalized spacial score (nSPS) is 11.5. The van der Waals surface area contributed by atoms with Gasteiger partial charge in [-0.2, -0.15) is 10.1 Å². The molecule has 1 N–H and O–H groups in total. The molecule has 0 bridgehead atoms. The maximum Gasteiger partial charge on any atom is 0.323 e. The Balaban J connectivity index is 1.82. The number of benzene rings is 2. The lowest BCUT2D eigenvalue weighted by atomic mass is 10.2. The third-order valence-electron chi connectivity index (χ3n) is 4.36. The molecular formula is C19H13N5O2. The van der Waals surface area contributed by atoms with E-state index in [1.807, 2.05) is 60.8 Å². The number of para-hydroxylation sites is 1. The maximum absolute atomic E-state index is 11.3. The minimum Gasteiger partial charge on any atom is -0.480 e. The van der Waals surface area contributed by atoms with E-state index in [0.717, 1.165) is 22.2 Å². The fourth-order valence-corrected chi connectivity index (χ4v) is 3.24. The largest absolute Gasteiger partial charge is 0.480 e. The number of fused-ring (bicyclic) bond motifs is 4. The van der Waals surface area contributed by atoms with Crippen LogP contribution in [0.1, 0.15) is 0 Å². The van der Waals surface area contributed by atoms with Gasteiger partial charge in [-0.05, 0) is 6.07 Å². The zero-order chi connectivity index (χ0) is 17.7. The zero-order valence-corrected chi connectivity index (χ0v) is 13.6. The predicted molar refractivity (Wildman–Crippen MR) is 96.9 cm³/mol. The zero-order valence-electron chi connectivity index (χ0n) is 13.6. The molecule has 0 unspecified atom stereocenters. The molecule has 0 saturated carbocycles. The average molecular weight is 343 g/mol. The van der Waals surface area contributed by atoms with Crippen molar-refractivity contribution in [3.8, 4) is 11.3 Å². The first kappa shape index (κ1) is 14.6. The molecule has 2 aromatic carbocycles. The van der Waals surface area contributed by atoms with Crippen LogP contribution in [-0.4, -0.2) is 35.2 Å². The minimum absolute atomic E-state index is 0.179. The molecule has 0 radical (unpaired) electrons. The second-order valence-corrected chi connectivity index (χ2v) is 6.02. The van der Waals surface area contributed by atoms with Crippen LogP contribution in [0, 0.1) is 0 Å². The van der Waals surface area contributed by atoms with Gasteiger partial charge in [0.25, 0.3) is 5.78 Å². The molecule has 3 heterocycles. The summed E-state index contributed by atoms with van der Waals surface area (Å²) in [5.74, 6) is -0.492. The van der Waals surface area contributed by atoms with Crippen LogP contribution in [-0.2, 0) is 11.3 Å². The molecule has 7 nitrogen and oxygen atoms in total. The van der Waals surface area contributed by atoms with Crippen molar-refractivity contribution in [2.75, 3.05) is 0 Å². The Morgan fingerprint density at radius 3 is 2.58 bits per heavy atom. The SMILES string of the molecule is O=C(O)Cn1c2ccccc2c2nn3cc(-c4ccccc4)nc3nc21. The van der Waals surface area contributed by atoms with Crippen molar-refractivity contribution in [3.05, 3.63) is 60.8 Å². The first-order chi connectivity index (χ1) is 12.7. The van der Waals surface area contributed by atoms with Crippen LogP contribution in [0.2, 0.25) is 0 Å². The van der Waals surface area contributed by atoms with E-state index in [1.54, 1.807) is 9.08 Å². The van der Waals surface area contributed by atoms with Crippen LogP contribution in [0.15, 0.2) is 60.8 Å². The molecule has 26 heavy (non-hydrogen) atoms. The van der Waals surface area contributed by atoms with Gasteiger partial charge in [0, 0.05) is 10.9 Å². The number of hydrogen-bond donors (Lipinski definition) is 1. The number of carboxylic acid groups (broad SMARTS) is 1. The number of carbonyl (C=O) groups is 1. The standard InChI is InChI=1S/C19H13N5O2/c25-16(26)11-23-15-9-5-4-8-13(15)17-18(23)21-19-20-14(10-24(19)22-17)12-6-2-1-3-7-12/h1-10H,11H2,(H,25,26). The number of hydrogen-bond acceptors (Lipinski definition) is 4. The fraction of sp³-hybridized carbons (Fsp3) is 0.0526. The molecule has 0 saturated heterocycles. The van der Waals surface area contributed by atoms with Crippen molar-refractivity contribution in [3.63, 3.8) is 0 Å². The highest BCUT2D eigenvalue weighted by molar-refractivity contribution is 6.04. The van der Waals surface area contributed by atoms with Gasteiger partial charge < -0.3 is 9.67 Å². The molecule has 0 aliphatic rings. The topological polar surface area (TPSA) is 85.3 Å². The van der Waals surface area contributed by atoms with Gasteiger partial charge in [0.2, 0.25) is 0 Å². The van der Waals surface area contributed by atoms with Crippen LogP contribution < -0.4 is 0 Å². The number of aliphatic carboxylic acids is 1. The lowest BCUT2D eigenvalue weighted by Gasteiger charge is -2.02. The third kappa shape index (κ3) is 2.14. The average Bonchev–Trinajstić information content (AvgIpc) is 3.20. The van der Waals surface area contributed by atoms with Gasteiger partial charge in [-0.3, -0.25) is 4.79 Å². The minimum atomic E-state index is -0.928. The second kappa shape index (κ2) is 5.38. The van der Waals surface area contributed by atoms with E-state index in [0.29, 0.717) is 16.9 Å². The summed E-state index contributed by atoms with van der Waals surface area (Å²) in [6.07, 6.45) is 1.83. The molecule has 0 fully saturated rings. The van der Waals surface area contributed by atoms with Crippen LogP contribution in [0.3, 0.4) is 0 Å². The molecule has 0 aliphatic carbocycles. The van der Waals surface area contributed by atoms with Crippen LogP contribution in [0.5, 0.6) is 0 Å². The van der Waals surface area contributed by atoms with Gasteiger partial charge in [-0.15, -0.1) is 0 Å². The Morgan fingerprint density at radius 2 is 1.77 bits per heavy atom. The third-order valence-corrected chi connectivity index (χ3v) is 4.36. The molecule has 3 aromatic heterocycles. The van der Waals surface area contributed by atoms with Gasteiger partial charge in [0.15, 0.2) is 5.65 Å². The van der Waals surface area contributed by atoms with E-state index in [9.17, 15) is 9.90 Å². The van der Waals surface area contributed by atoms with E-state index in [2.05, 4.69) is 15.1 Å². The van der Waals surface area contributed by atoms with E-state index in [4.69, 9.17) is 0 Å². The lowest BCUT2D eigenvalue weighted by molar-refractivity contribution is -0.137. The first-order valence-electron chi connectivity index (χ1n) is 8.12. The number of nitrogens with zero attached hydrogens (tertiary/aromatic N) is 5. The van der Waals surface area contributed by atoms with Crippen molar-refractivity contribution in [2.45, 2.75) is 6.54 Å². The van der Waals surface area contributed by atoms with Gasteiger partial charge >= 0.3 is 5.97 Å². The summed E-state index contributed by atoms with van der Waals surface area (Å²) in [5.41, 5.74) is 3.72. The number of imidazole rings is 1. The summed E-state index contributed by atoms with van der Waals surface area (Å²) in [4.78, 5) is 20.5. The molecule has 0 atom stereocenters. The molecule has 7 heteroatoms. The summed E-state index contributed by atoms with van der Waals surface area (Å²) in [6.45, 7) is -0.179. The van der Waals surface area contributed by atoms with Crippen LogP contribution >= 0.6 is 0 Å². The molecule has 0 amide bonds. The van der Waals surface area contributed by atoms with Crippen molar-refractivity contribution in [2.24, 2.45) is 0 Å². The highest BCUT2D eigenvalue weighted by Crippen LogP contribution is 2.27. The Labute approximate surface area is 147 Å². The van der Waals surface area contributed by atoms with Crippen LogP contribution in [0.25, 0.3) is 39.1 Å². The van der Waals surface area contributed by atoms with E-state index < -0.39 is 5.97 Å². The van der Waals surface area contributed by atoms with Crippen molar-refractivity contribution < 1.29 is 9.90 Å². The van der Waals surface area contributed by atoms with Gasteiger partial charge in [0.1, 0.15) is 12.1 Å². The quantitative estimate of drug-likeness (QED) is 0.544. The highest BCUT2D eigenvalue weighted by atomic mass is 16.4. The van der Waals surface area contributed by atoms with E-state index in [1.165, 1.54) is 0 Å². The van der Waals surface area contributed by atoms with Gasteiger partial charge in [-0.1, -0.05) is 48.5 Å². The van der Waals surface area contributed by atoms with Crippen molar-refractivity contribution in [1.29, 1.82) is 0 Å². The Hall–Kier alpha value is -3.74. The summed E-state index contributed by atoms with van der Waals surface area (Å²) in [7, 11) is 0. The van der Waals surface area contributed by atoms with Crippen LogP contribution in [0.4, 0.5) is 0 Å². The molecular weight excluding hydrogens is 330 g/mol. The van der Waals surface area contributed by atoms with E-state index in [-0.39, 0.29) is 6.54 Å². The van der Waals surface area contributed by atoms with Crippen molar-refractivity contribution in [1.82, 2.24) is 24.1 Å². The first-order valence-corrected chi connectivity index (χ1v) is 8.12. The summed E-state index contributed by atoms with van der Waals surface area (Å²) in [5, 5.41) is 14.8. The van der Waals surface area contributed by atoms with Gasteiger partial charge in [0.05, 0.1) is 17.4 Å².